The minimum Gasteiger partial charge on any atom is -0.359 e. The molecule has 0 atom stereocenters. The molecule has 2 rings (SSSR count). The summed E-state index contributed by atoms with van der Waals surface area (Å²) in [5.41, 5.74) is 1.52. The molecular weight excluding hydrogens is 256 g/mol. The number of anilines is 1. The maximum Gasteiger partial charge on any atom is 0.180 e. The molecule has 0 aromatic carbocycles. The Bertz CT molecular complexity index is 460. The minimum absolute atomic E-state index is 0.691. The fourth-order valence-corrected chi connectivity index (χ4v) is 1.83. The molecule has 2 aromatic heterocycles. The number of pyridine rings is 1. The van der Waals surface area contributed by atoms with E-state index in [4.69, 9.17) is 0 Å². The summed E-state index contributed by atoms with van der Waals surface area (Å²) in [5.74, 6) is 0.919. The molecule has 15 heavy (non-hydrogen) atoms. The Morgan fingerprint density at radius 2 is 2.07 bits per heavy atom. The van der Waals surface area contributed by atoms with Gasteiger partial charge in [0.2, 0.25) is 0 Å². The van der Waals surface area contributed by atoms with Crippen LogP contribution in [0.1, 0.15) is 0 Å². The average Bonchev–Trinajstić information content (AvgIpc) is 2.29. The second kappa shape index (κ2) is 4.53. The Balaban J connectivity index is 2.38. The van der Waals surface area contributed by atoms with Crippen molar-refractivity contribution in [1.29, 1.82) is 0 Å². The van der Waals surface area contributed by atoms with E-state index in [1.807, 2.05) is 19.2 Å². The number of alkyl halides is 1. The minimum atomic E-state index is 0.691. The number of hydrogen-bond acceptors (Lipinski definition) is 4. The van der Waals surface area contributed by atoms with Crippen LogP contribution in [0.15, 0.2) is 24.5 Å². The first-order valence-electron chi connectivity index (χ1n) is 4.66. The Morgan fingerprint density at radius 1 is 1.27 bits per heavy atom. The second-order valence-electron chi connectivity index (χ2n) is 3.18. The van der Waals surface area contributed by atoms with Crippen molar-refractivity contribution in [2.24, 2.45) is 0 Å². The number of rotatable bonds is 3. The summed E-state index contributed by atoms with van der Waals surface area (Å²) in [6, 6.07) is 3.90. The summed E-state index contributed by atoms with van der Waals surface area (Å²) in [5, 5.41) is 0.920. The zero-order valence-electron chi connectivity index (χ0n) is 8.39. The lowest BCUT2D eigenvalue weighted by Gasteiger charge is -2.16. The summed E-state index contributed by atoms with van der Waals surface area (Å²) in [6.45, 7) is 0.915. The Hall–Kier alpha value is -1.23. The molecule has 0 unspecified atom stereocenters. The molecule has 0 saturated carbocycles. The first-order chi connectivity index (χ1) is 7.31. The van der Waals surface area contributed by atoms with Gasteiger partial charge in [0.15, 0.2) is 5.65 Å². The van der Waals surface area contributed by atoms with Crippen LogP contribution in [-0.4, -0.2) is 33.9 Å². The molecule has 5 heteroatoms. The van der Waals surface area contributed by atoms with Gasteiger partial charge in [-0.2, -0.15) is 0 Å². The fraction of sp³-hybridized carbons (Fsp3) is 0.300. The standard InChI is InChI=1S/C10H11BrN4/c1-15(7-4-11)9-3-2-8-10(14-9)13-6-5-12-8/h2-3,5-6H,4,7H2,1H3. The zero-order chi connectivity index (χ0) is 10.7. The normalized spacial score (nSPS) is 10.5. The van der Waals surface area contributed by atoms with Crippen molar-refractivity contribution >= 4 is 32.9 Å². The number of nitrogens with zero attached hydrogens (tertiary/aromatic N) is 4. The van der Waals surface area contributed by atoms with Crippen LogP contribution < -0.4 is 4.90 Å². The van der Waals surface area contributed by atoms with Crippen LogP contribution in [0.25, 0.3) is 11.2 Å². The van der Waals surface area contributed by atoms with Gasteiger partial charge in [-0.05, 0) is 12.1 Å². The fourth-order valence-electron chi connectivity index (χ4n) is 1.30. The Morgan fingerprint density at radius 3 is 2.87 bits per heavy atom. The number of hydrogen-bond donors (Lipinski definition) is 0. The monoisotopic (exact) mass is 266 g/mol. The van der Waals surface area contributed by atoms with Gasteiger partial charge in [0.05, 0.1) is 0 Å². The van der Waals surface area contributed by atoms with Crippen molar-refractivity contribution in [3.8, 4) is 0 Å². The molecular formula is C10H11BrN4. The van der Waals surface area contributed by atoms with Gasteiger partial charge in [0.1, 0.15) is 11.3 Å². The molecule has 0 saturated heterocycles. The highest BCUT2D eigenvalue weighted by Gasteiger charge is 2.03. The summed E-state index contributed by atoms with van der Waals surface area (Å²) in [7, 11) is 2.01. The highest BCUT2D eigenvalue weighted by Crippen LogP contribution is 2.13. The van der Waals surface area contributed by atoms with E-state index >= 15 is 0 Å². The van der Waals surface area contributed by atoms with Crippen LogP contribution in [0, 0.1) is 0 Å². The van der Waals surface area contributed by atoms with E-state index in [9.17, 15) is 0 Å². The molecule has 0 amide bonds. The van der Waals surface area contributed by atoms with Crippen molar-refractivity contribution in [1.82, 2.24) is 15.0 Å². The van der Waals surface area contributed by atoms with Crippen molar-refractivity contribution in [2.75, 3.05) is 23.8 Å². The van der Waals surface area contributed by atoms with Gasteiger partial charge in [-0.15, -0.1) is 0 Å². The maximum absolute atomic E-state index is 4.43. The van der Waals surface area contributed by atoms with Crippen LogP contribution in [-0.2, 0) is 0 Å². The van der Waals surface area contributed by atoms with Crippen molar-refractivity contribution in [3.05, 3.63) is 24.5 Å². The predicted molar refractivity (Wildman–Crippen MR) is 64.4 cm³/mol. The molecule has 0 spiro atoms. The molecule has 78 valence electrons. The van der Waals surface area contributed by atoms with E-state index in [0.29, 0.717) is 5.65 Å². The largest absolute Gasteiger partial charge is 0.359 e. The van der Waals surface area contributed by atoms with Gasteiger partial charge in [-0.1, -0.05) is 15.9 Å². The lowest BCUT2D eigenvalue weighted by atomic mass is 10.4. The second-order valence-corrected chi connectivity index (χ2v) is 3.97. The van der Waals surface area contributed by atoms with Crippen LogP contribution in [0.4, 0.5) is 5.82 Å². The Labute approximate surface area is 96.5 Å². The molecule has 4 nitrogen and oxygen atoms in total. The third kappa shape index (κ3) is 2.23. The summed E-state index contributed by atoms with van der Waals surface area (Å²) in [4.78, 5) is 14.8. The molecule has 0 aliphatic carbocycles. The lowest BCUT2D eigenvalue weighted by Crippen LogP contribution is -2.20. The molecule has 0 N–H and O–H groups in total. The first kappa shape index (κ1) is 10.3. The summed E-state index contributed by atoms with van der Waals surface area (Å²) < 4.78 is 0. The Kier molecular flexibility index (Phi) is 3.11. The van der Waals surface area contributed by atoms with Crippen LogP contribution in [0.5, 0.6) is 0 Å². The summed E-state index contributed by atoms with van der Waals surface area (Å²) >= 11 is 3.40. The molecule has 0 bridgehead atoms. The highest BCUT2D eigenvalue weighted by molar-refractivity contribution is 9.09. The summed E-state index contributed by atoms with van der Waals surface area (Å²) in [6.07, 6.45) is 3.33. The van der Waals surface area contributed by atoms with Crippen LogP contribution >= 0.6 is 15.9 Å². The maximum atomic E-state index is 4.43. The topological polar surface area (TPSA) is 41.9 Å². The SMILES string of the molecule is CN(CCBr)c1ccc2nccnc2n1. The molecule has 0 aliphatic rings. The zero-order valence-corrected chi connectivity index (χ0v) is 9.98. The smallest absolute Gasteiger partial charge is 0.180 e. The predicted octanol–water partition coefficient (Wildman–Crippen LogP) is 1.86. The number of fused-ring (bicyclic) bond motifs is 1. The lowest BCUT2D eigenvalue weighted by molar-refractivity contribution is 0.953. The first-order valence-corrected chi connectivity index (χ1v) is 5.78. The van der Waals surface area contributed by atoms with Crippen molar-refractivity contribution in [3.63, 3.8) is 0 Å². The van der Waals surface area contributed by atoms with Gasteiger partial charge in [-0.25, -0.2) is 9.97 Å². The van der Waals surface area contributed by atoms with Gasteiger partial charge in [0.25, 0.3) is 0 Å². The van der Waals surface area contributed by atoms with Gasteiger partial charge in [0, 0.05) is 31.3 Å². The number of halogens is 1. The average molecular weight is 267 g/mol. The van der Waals surface area contributed by atoms with E-state index in [1.165, 1.54) is 0 Å². The van der Waals surface area contributed by atoms with E-state index < -0.39 is 0 Å². The van der Waals surface area contributed by atoms with E-state index in [1.54, 1.807) is 12.4 Å². The molecule has 0 fully saturated rings. The van der Waals surface area contributed by atoms with E-state index in [0.717, 1.165) is 23.2 Å². The van der Waals surface area contributed by atoms with Crippen LogP contribution in [0.2, 0.25) is 0 Å². The van der Waals surface area contributed by atoms with E-state index in [-0.39, 0.29) is 0 Å². The molecule has 2 aromatic rings. The highest BCUT2D eigenvalue weighted by atomic mass is 79.9. The quantitative estimate of drug-likeness (QED) is 0.796. The van der Waals surface area contributed by atoms with Crippen molar-refractivity contribution < 1.29 is 0 Å². The van der Waals surface area contributed by atoms with Gasteiger partial charge in [-0.3, -0.25) is 4.98 Å². The molecule has 0 aliphatic heterocycles. The molecule has 2 heterocycles. The van der Waals surface area contributed by atoms with Gasteiger partial charge < -0.3 is 4.90 Å². The number of aromatic nitrogens is 3. The van der Waals surface area contributed by atoms with Crippen molar-refractivity contribution in [2.45, 2.75) is 0 Å². The third-order valence-corrected chi connectivity index (χ3v) is 2.48. The van der Waals surface area contributed by atoms with E-state index in [2.05, 4.69) is 35.8 Å². The van der Waals surface area contributed by atoms with Gasteiger partial charge >= 0.3 is 0 Å². The van der Waals surface area contributed by atoms with Crippen LogP contribution in [0.3, 0.4) is 0 Å². The third-order valence-electron chi connectivity index (χ3n) is 2.13. The molecule has 0 radical (unpaired) electrons.